The molecule has 0 bridgehead atoms. The topological polar surface area (TPSA) is 37.3 Å². The van der Waals surface area contributed by atoms with E-state index >= 15 is 0 Å². The van der Waals surface area contributed by atoms with Crippen LogP contribution in [0.2, 0.25) is 0 Å². The maximum absolute atomic E-state index is 9.48. The van der Waals surface area contributed by atoms with Crippen molar-refractivity contribution in [3.8, 4) is 0 Å². The van der Waals surface area contributed by atoms with Gasteiger partial charge in [-0.1, -0.05) is 12.2 Å². The Hall–Kier alpha value is -0.0900. The van der Waals surface area contributed by atoms with Crippen LogP contribution in [-0.2, 0) is 4.79 Å². The highest BCUT2D eigenvalue weighted by Gasteiger charge is 1.94. The van der Waals surface area contributed by atoms with E-state index in [-0.39, 0.29) is 4.20 Å². The summed E-state index contributed by atoms with van der Waals surface area (Å²) < 4.78 is -0.296. The van der Waals surface area contributed by atoms with Gasteiger partial charge in [0.05, 0.1) is 0 Å². The number of hydrogen-bond donors (Lipinski definition) is 2. The molecule has 6 heavy (non-hydrogen) atoms. The molecular weight excluding hydrogens is 120 g/mol. The monoisotopic (exact) mass is 122 g/mol. The van der Waals surface area contributed by atoms with Gasteiger partial charge in [0.1, 0.15) is 0 Å². The van der Waals surface area contributed by atoms with E-state index in [1.807, 2.05) is 0 Å². The fourth-order valence-corrected chi connectivity index (χ4v) is 0. The lowest BCUT2D eigenvalue weighted by atomic mass is 10.8. The van der Waals surface area contributed by atoms with Crippen LogP contribution in [0.4, 0.5) is 0 Å². The van der Waals surface area contributed by atoms with E-state index in [2.05, 4.69) is 24.8 Å². The number of carbonyl (C=O) groups is 1. The zero-order valence-corrected chi connectivity index (χ0v) is 4.42. The molecule has 0 unspecified atom stereocenters. The lowest BCUT2D eigenvalue weighted by molar-refractivity contribution is -0.128. The predicted octanol–water partition coefficient (Wildman–Crippen LogP) is 0.328. The van der Waals surface area contributed by atoms with Crippen LogP contribution in [0.5, 0.6) is 0 Å². The quantitative estimate of drug-likeness (QED) is 0.388. The van der Waals surface area contributed by atoms with Crippen molar-refractivity contribution in [2.75, 3.05) is 0 Å². The van der Waals surface area contributed by atoms with Gasteiger partial charge in [-0.05, 0) is 0 Å². The second kappa shape index (κ2) is 2.15. The Balaban J connectivity index is 3.57. The maximum Gasteiger partial charge on any atom is 0.353 e. The van der Waals surface area contributed by atoms with E-state index in [0.29, 0.717) is 0 Å². The molecule has 0 aliphatic carbocycles. The van der Waals surface area contributed by atoms with Gasteiger partial charge >= 0.3 is 5.97 Å². The molecule has 34 valence electrons. The molecule has 0 aromatic carbocycles. The van der Waals surface area contributed by atoms with Crippen molar-refractivity contribution in [1.82, 2.24) is 0 Å². The predicted molar refractivity (Wildman–Crippen MR) is 29.2 cm³/mol. The van der Waals surface area contributed by atoms with E-state index in [1.165, 1.54) is 0 Å². The molecule has 1 N–H and O–H groups in total. The molecule has 2 nitrogen and oxygen atoms in total. The summed E-state index contributed by atoms with van der Waals surface area (Å²) in [7, 11) is 0. The Kier molecular flexibility index (Phi) is 2.12. The zero-order chi connectivity index (χ0) is 5.15. The van der Waals surface area contributed by atoms with Crippen LogP contribution in [0.15, 0.2) is 0 Å². The highest BCUT2D eigenvalue weighted by Crippen LogP contribution is 1.79. The number of carboxylic acids is 1. The minimum Gasteiger partial charge on any atom is -0.477 e. The summed E-state index contributed by atoms with van der Waals surface area (Å²) in [4.78, 5) is 9.48. The highest BCUT2D eigenvalue weighted by atomic mass is 32.1. The summed E-state index contributed by atoms with van der Waals surface area (Å²) in [5, 5.41) is 7.77. The van der Waals surface area contributed by atoms with Crippen molar-refractivity contribution in [1.29, 1.82) is 0 Å². The van der Waals surface area contributed by atoms with Gasteiger partial charge in [-0.15, -0.1) is 12.6 Å². The summed E-state index contributed by atoms with van der Waals surface area (Å²) >= 11 is 7.41. The molecule has 0 atom stereocenters. The summed E-state index contributed by atoms with van der Waals surface area (Å²) in [6.45, 7) is 0. The second-order valence-corrected chi connectivity index (χ2v) is 1.77. The van der Waals surface area contributed by atoms with Crippen LogP contribution in [0.3, 0.4) is 0 Å². The number of carboxylic acid groups (broad SMARTS) is 1. The minimum absolute atomic E-state index is 0.296. The molecule has 4 heteroatoms. The average molecular weight is 122 g/mol. The molecule has 0 saturated heterocycles. The van der Waals surface area contributed by atoms with Crippen molar-refractivity contribution in [2.45, 2.75) is 0 Å². The molecule has 0 saturated carbocycles. The molecule has 0 aromatic rings. The fraction of sp³-hybridized carbons (Fsp3) is 0. The molecule has 0 radical (unpaired) electrons. The van der Waals surface area contributed by atoms with Gasteiger partial charge in [0, 0.05) is 0 Å². The van der Waals surface area contributed by atoms with Gasteiger partial charge in [-0.2, -0.15) is 0 Å². The first-order chi connectivity index (χ1) is 2.64. The minimum atomic E-state index is -1.15. The first-order valence-electron chi connectivity index (χ1n) is 1.11. The first-order valence-corrected chi connectivity index (χ1v) is 1.96. The van der Waals surface area contributed by atoms with Crippen molar-refractivity contribution >= 4 is 35.0 Å². The summed E-state index contributed by atoms with van der Waals surface area (Å²) in [5.74, 6) is -1.15. The van der Waals surface area contributed by atoms with Gasteiger partial charge in [0.15, 0.2) is 4.20 Å². The number of rotatable bonds is 1. The van der Waals surface area contributed by atoms with Crippen LogP contribution in [0, 0.1) is 0 Å². The van der Waals surface area contributed by atoms with Crippen molar-refractivity contribution in [3.63, 3.8) is 0 Å². The largest absolute Gasteiger partial charge is 0.477 e. The Morgan fingerprint density at radius 3 is 2.00 bits per heavy atom. The molecule has 0 amide bonds. The number of hydrogen-bond acceptors (Lipinski definition) is 2. The van der Waals surface area contributed by atoms with Gasteiger partial charge in [-0.3, -0.25) is 0 Å². The Bertz CT molecular complexity index is 75.5. The Morgan fingerprint density at radius 2 is 2.00 bits per heavy atom. The van der Waals surface area contributed by atoms with Gasteiger partial charge < -0.3 is 5.11 Å². The summed E-state index contributed by atoms with van der Waals surface area (Å²) in [6.07, 6.45) is 0. The SMILES string of the molecule is O=C(O)C(=S)S. The van der Waals surface area contributed by atoms with Gasteiger partial charge in [0.2, 0.25) is 0 Å². The molecule has 0 heterocycles. The third kappa shape index (κ3) is 2.17. The molecule has 0 aromatic heterocycles. The van der Waals surface area contributed by atoms with E-state index in [1.54, 1.807) is 0 Å². The molecule has 0 fully saturated rings. The first kappa shape index (κ1) is 5.91. The second-order valence-electron chi connectivity index (χ2n) is 0.610. The number of aliphatic carboxylic acids is 1. The van der Waals surface area contributed by atoms with Gasteiger partial charge in [0.25, 0.3) is 0 Å². The van der Waals surface area contributed by atoms with E-state index in [9.17, 15) is 4.79 Å². The molecule has 0 aliphatic heterocycles. The van der Waals surface area contributed by atoms with Gasteiger partial charge in [-0.25, -0.2) is 4.79 Å². The van der Waals surface area contributed by atoms with Crippen molar-refractivity contribution < 1.29 is 9.90 Å². The zero-order valence-electron chi connectivity index (χ0n) is 2.71. The normalized spacial score (nSPS) is 7.50. The van der Waals surface area contributed by atoms with Crippen LogP contribution in [-0.4, -0.2) is 15.3 Å². The summed E-state index contributed by atoms with van der Waals surface area (Å²) in [6, 6.07) is 0. The summed E-state index contributed by atoms with van der Waals surface area (Å²) in [5.41, 5.74) is 0. The van der Waals surface area contributed by atoms with E-state index in [0.717, 1.165) is 0 Å². The number of thiol groups is 1. The third-order valence-corrected chi connectivity index (χ3v) is 0.549. The van der Waals surface area contributed by atoms with Crippen LogP contribution in [0.1, 0.15) is 0 Å². The maximum atomic E-state index is 9.48. The Labute approximate surface area is 45.6 Å². The smallest absolute Gasteiger partial charge is 0.353 e. The number of thiocarbonyl (C=S) groups is 1. The van der Waals surface area contributed by atoms with Crippen molar-refractivity contribution in [3.05, 3.63) is 0 Å². The molecular formula is C2H2O2S2. The fourth-order valence-electron chi connectivity index (χ4n) is 0. The van der Waals surface area contributed by atoms with Crippen molar-refractivity contribution in [2.24, 2.45) is 0 Å². The van der Waals surface area contributed by atoms with Crippen LogP contribution >= 0.6 is 24.8 Å². The Morgan fingerprint density at radius 1 is 1.83 bits per heavy atom. The molecule has 0 rings (SSSR count). The molecule has 0 aliphatic rings. The standard InChI is InChI=1S/C2H2O2S2/c3-1(4)2(5)6/h(H,3,4)(H,5,6). The van der Waals surface area contributed by atoms with E-state index < -0.39 is 5.97 Å². The van der Waals surface area contributed by atoms with E-state index in [4.69, 9.17) is 5.11 Å². The van der Waals surface area contributed by atoms with Crippen LogP contribution in [0.25, 0.3) is 0 Å². The third-order valence-electron chi connectivity index (χ3n) is 0.183. The molecule has 0 spiro atoms. The van der Waals surface area contributed by atoms with Crippen LogP contribution < -0.4 is 0 Å². The lowest BCUT2D eigenvalue weighted by Gasteiger charge is -1.76. The average Bonchev–Trinajstić information content (AvgIpc) is 1.36. The highest BCUT2D eigenvalue weighted by molar-refractivity contribution is 8.13. The lowest BCUT2D eigenvalue weighted by Crippen LogP contribution is -2.00.